The average molecular weight is 431 g/mol. The standard InChI is InChI=1S/C29H50O2/c1-23-24(2)26(17-13-9-11-15-19-28(4,5)6)21-27(25(23)3)18-14-10-12-16-20-29(7,8)31-22-30/h21-22H,9-20H2,1-8H3. The molecule has 0 spiro atoms. The first-order valence-electron chi connectivity index (χ1n) is 12.7. The van der Waals surface area contributed by atoms with Gasteiger partial charge in [-0.05, 0) is 113 Å². The number of carbonyl (C=O) groups excluding carboxylic acids is 1. The van der Waals surface area contributed by atoms with Crippen LogP contribution in [0.1, 0.15) is 127 Å². The third kappa shape index (κ3) is 11.2. The van der Waals surface area contributed by atoms with Gasteiger partial charge in [-0.25, -0.2) is 0 Å². The van der Waals surface area contributed by atoms with E-state index in [1.807, 2.05) is 13.8 Å². The summed E-state index contributed by atoms with van der Waals surface area (Å²) in [5, 5.41) is 0. The molecule has 0 N–H and O–H groups in total. The number of hydrogen-bond donors (Lipinski definition) is 0. The molecule has 0 radical (unpaired) electrons. The third-order valence-electron chi connectivity index (χ3n) is 6.90. The van der Waals surface area contributed by atoms with Crippen molar-refractivity contribution in [2.45, 2.75) is 138 Å². The zero-order chi connectivity index (χ0) is 23.5. The number of benzene rings is 1. The summed E-state index contributed by atoms with van der Waals surface area (Å²) in [6.07, 6.45) is 14.9. The van der Waals surface area contributed by atoms with Crippen LogP contribution >= 0.6 is 0 Å². The minimum atomic E-state index is -0.325. The Kier molecular flexibility index (Phi) is 11.9. The molecule has 0 unspecified atom stereocenters. The van der Waals surface area contributed by atoms with Crippen molar-refractivity contribution >= 4 is 6.47 Å². The monoisotopic (exact) mass is 430 g/mol. The third-order valence-corrected chi connectivity index (χ3v) is 6.90. The maximum Gasteiger partial charge on any atom is 0.293 e. The zero-order valence-electron chi connectivity index (χ0n) is 22.0. The highest BCUT2D eigenvalue weighted by Crippen LogP contribution is 2.26. The van der Waals surface area contributed by atoms with E-state index in [1.54, 1.807) is 11.1 Å². The van der Waals surface area contributed by atoms with Gasteiger partial charge in [0.05, 0.1) is 0 Å². The molecule has 0 aliphatic carbocycles. The maximum atomic E-state index is 10.5. The molecule has 178 valence electrons. The van der Waals surface area contributed by atoms with Gasteiger partial charge in [0.1, 0.15) is 5.60 Å². The van der Waals surface area contributed by atoms with Crippen LogP contribution < -0.4 is 0 Å². The van der Waals surface area contributed by atoms with E-state index in [0.29, 0.717) is 11.9 Å². The number of ether oxygens (including phenoxy) is 1. The van der Waals surface area contributed by atoms with Crippen molar-refractivity contribution < 1.29 is 9.53 Å². The molecule has 0 saturated carbocycles. The summed E-state index contributed by atoms with van der Waals surface area (Å²) in [7, 11) is 0. The summed E-state index contributed by atoms with van der Waals surface area (Å²) in [6, 6.07) is 2.51. The van der Waals surface area contributed by atoms with E-state index >= 15 is 0 Å². The van der Waals surface area contributed by atoms with Crippen molar-refractivity contribution in [3.8, 4) is 0 Å². The average Bonchev–Trinajstić information content (AvgIpc) is 2.67. The second-order valence-electron chi connectivity index (χ2n) is 11.4. The number of aryl methyl sites for hydroxylation is 2. The van der Waals surface area contributed by atoms with Crippen molar-refractivity contribution in [1.82, 2.24) is 0 Å². The molecular formula is C29H50O2. The van der Waals surface area contributed by atoms with Gasteiger partial charge >= 0.3 is 0 Å². The fraction of sp³-hybridized carbons (Fsp3) is 0.759. The minimum absolute atomic E-state index is 0.325. The molecule has 0 saturated heterocycles. The van der Waals surface area contributed by atoms with Crippen molar-refractivity contribution in [2.75, 3.05) is 0 Å². The van der Waals surface area contributed by atoms with Crippen molar-refractivity contribution in [3.63, 3.8) is 0 Å². The molecule has 1 aromatic rings. The summed E-state index contributed by atoms with van der Waals surface area (Å²) >= 11 is 0. The van der Waals surface area contributed by atoms with Crippen LogP contribution in [-0.4, -0.2) is 12.1 Å². The Hall–Kier alpha value is -1.31. The van der Waals surface area contributed by atoms with Crippen molar-refractivity contribution in [2.24, 2.45) is 5.41 Å². The molecule has 1 rings (SSSR count). The molecule has 2 nitrogen and oxygen atoms in total. The number of rotatable bonds is 15. The van der Waals surface area contributed by atoms with Crippen LogP contribution in [0.5, 0.6) is 0 Å². The Labute approximate surface area is 193 Å². The van der Waals surface area contributed by atoms with Crippen LogP contribution in [0.2, 0.25) is 0 Å². The highest BCUT2D eigenvalue weighted by atomic mass is 16.5. The first-order chi connectivity index (χ1) is 14.5. The molecule has 1 aromatic carbocycles. The minimum Gasteiger partial charge on any atom is -0.462 e. The van der Waals surface area contributed by atoms with Crippen molar-refractivity contribution in [3.05, 3.63) is 33.9 Å². The lowest BCUT2D eigenvalue weighted by Gasteiger charge is -2.22. The van der Waals surface area contributed by atoms with Crippen LogP contribution in [0.3, 0.4) is 0 Å². The molecule has 0 aromatic heterocycles. The molecule has 0 amide bonds. The summed E-state index contributed by atoms with van der Waals surface area (Å²) < 4.78 is 5.15. The van der Waals surface area contributed by atoms with Gasteiger partial charge in [0, 0.05) is 0 Å². The van der Waals surface area contributed by atoms with Gasteiger partial charge in [0.2, 0.25) is 0 Å². The second-order valence-corrected chi connectivity index (χ2v) is 11.4. The van der Waals surface area contributed by atoms with Crippen LogP contribution in [0.15, 0.2) is 6.07 Å². The number of unbranched alkanes of at least 4 members (excludes halogenated alkanes) is 6. The quantitative estimate of drug-likeness (QED) is 0.206. The Morgan fingerprint density at radius 2 is 1.13 bits per heavy atom. The Morgan fingerprint density at radius 3 is 1.58 bits per heavy atom. The molecule has 0 fully saturated rings. The van der Waals surface area contributed by atoms with Gasteiger partial charge in [-0.3, -0.25) is 4.79 Å². The van der Waals surface area contributed by atoms with Crippen molar-refractivity contribution in [1.29, 1.82) is 0 Å². The lowest BCUT2D eigenvalue weighted by molar-refractivity contribution is -0.140. The highest BCUT2D eigenvalue weighted by Gasteiger charge is 2.17. The molecule has 0 aliphatic heterocycles. The van der Waals surface area contributed by atoms with Gasteiger partial charge in [-0.2, -0.15) is 0 Å². The van der Waals surface area contributed by atoms with E-state index in [9.17, 15) is 4.79 Å². The maximum absolute atomic E-state index is 10.5. The summed E-state index contributed by atoms with van der Waals surface area (Å²) in [6.45, 7) is 18.5. The SMILES string of the molecule is Cc1c(CCCCCCC(C)(C)C)cc(CCCCCCC(C)(C)OC=O)c(C)c1C. The Bertz CT molecular complexity index is 664. The molecule has 31 heavy (non-hydrogen) atoms. The van der Waals surface area contributed by atoms with Gasteiger partial charge in [-0.15, -0.1) is 0 Å². The van der Waals surface area contributed by atoms with E-state index in [4.69, 9.17) is 4.74 Å². The van der Waals surface area contributed by atoms with Gasteiger partial charge in [0.15, 0.2) is 0 Å². The number of carbonyl (C=O) groups is 1. The van der Waals surface area contributed by atoms with Crippen LogP contribution in [0.4, 0.5) is 0 Å². The molecule has 0 aliphatic rings. The summed E-state index contributed by atoms with van der Waals surface area (Å²) in [5.74, 6) is 0. The normalized spacial score (nSPS) is 12.3. The fourth-order valence-corrected chi connectivity index (χ4v) is 4.44. The molecule has 2 heteroatoms. The molecular weight excluding hydrogens is 380 g/mol. The predicted octanol–water partition coefficient (Wildman–Crippen LogP) is 8.60. The van der Waals surface area contributed by atoms with E-state index < -0.39 is 0 Å². The first kappa shape index (κ1) is 27.7. The van der Waals surface area contributed by atoms with E-state index in [1.165, 1.54) is 80.9 Å². The van der Waals surface area contributed by atoms with Crippen LogP contribution in [0, 0.1) is 26.2 Å². The first-order valence-corrected chi connectivity index (χ1v) is 12.7. The predicted molar refractivity (Wildman–Crippen MR) is 135 cm³/mol. The highest BCUT2D eigenvalue weighted by molar-refractivity contribution is 5.44. The van der Waals surface area contributed by atoms with Gasteiger partial charge in [0.25, 0.3) is 6.47 Å². The molecule has 0 atom stereocenters. The lowest BCUT2D eigenvalue weighted by atomic mass is 9.88. The number of hydrogen-bond acceptors (Lipinski definition) is 2. The van der Waals surface area contributed by atoms with E-state index in [2.05, 4.69) is 47.6 Å². The second kappa shape index (κ2) is 13.3. The van der Waals surface area contributed by atoms with Crippen LogP contribution in [0.25, 0.3) is 0 Å². The van der Waals surface area contributed by atoms with E-state index in [-0.39, 0.29) is 5.60 Å². The topological polar surface area (TPSA) is 26.3 Å². The van der Waals surface area contributed by atoms with Crippen LogP contribution in [-0.2, 0) is 22.4 Å². The molecule has 0 bridgehead atoms. The lowest BCUT2D eigenvalue weighted by Crippen LogP contribution is -2.23. The largest absolute Gasteiger partial charge is 0.462 e. The van der Waals surface area contributed by atoms with Gasteiger partial charge in [-0.1, -0.05) is 58.9 Å². The van der Waals surface area contributed by atoms with E-state index in [0.717, 1.165) is 12.8 Å². The zero-order valence-corrected chi connectivity index (χ0v) is 22.0. The van der Waals surface area contributed by atoms with Gasteiger partial charge < -0.3 is 4.74 Å². The Balaban J connectivity index is 2.46. The molecule has 0 heterocycles. The smallest absolute Gasteiger partial charge is 0.293 e. The fourth-order valence-electron chi connectivity index (χ4n) is 4.44. The summed E-state index contributed by atoms with van der Waals surface area (Å²) in [5.41, 5.74) is 7.76. The Morgan fingerprint density at radius 1 is 0.677 bits per heavy atom. The summed E-state index contributed by atoms with van der Waals surface area (Å²) in [4.78, 5) is 10.5.